The molecule has 17 heavy (non-hydrogen) atoms. The van der Waals surface area contributed by atoms with Crippen LogP contribution in [-0.4, -0.2) is 9.78 Å². The Balaban J connectivity index is 2.41. The third-order valence-electron chi connectivity index (χ3n) is 2.21. The fourth-order valence-corrected chi connectivity index (χ4v) is 1.53. The lowest BCUT2D eigenvalue weighted by molar-refractivity contribution is 0.607. The van der Waals surface area contributed by atoms with Crippen LogP contribution in [0.1, 0.15) is 5.56 Å². The van der Waals surface area contributed by atoms with E-state index in [-0.39, 0.29) is 17.8 Å². The van der Waals surface area contributed by atoms with E-state index in [4.69, 9.17) is 5.73 Å². The second kappa shape index (κ2) is 4.25. The second-order valence-electron chi connectivity index (χ2n) is 3.63. The highest BCUT2D eigenvalue weighted by atomic mass is 19.1. The Morgan fingerprint density at radius 3 is 2.71 bits per heavy atom. The van der Waals surface area contributed by atoms with Crippen LogP contribution in [0.25, 0.3) is 0 Å². The van der Waals surface area contributed by atoms with E-state index in [1.807, 2.05) is 0 Å². The summed E-state index contributed by atoms with van der Waals surface area (Å²) in [5, 5.41) is 2.35. The predicted molar refractivity (Wildman–Crippen MR) is 61.2 cm³/mol. The minimum absolute atomic E-state index is 0.0663. The van der Waals surface area contributed by atoms with Crippen molar-refractivity contribution in [3.8, 4) is 0 Å². The van der Waals surface area contributed by atoms with E-state index in [1.54, 1.807) is 6.07 Å². The van der Waals surface area contributed by atoms with Crippen molar-refractivity contribution in [3.05, 3.63) is 62.4 Å². The minimum atomic E-state index is -0.480. The van der Waals surface area contributed by atoms with Crippen molar-refractivity contribution in [2.45, 2.75) is 6.54 Å². The maximum absolute atomic E-state index is 13.1. The van der Waals surface area contributed by atoms with E-state index in [0.717, 1.165) is 16.8 Å². The van der Waals surface area contributed by atoms with Crippen LogP contribution in [0.5, 0.6) is 0 Å². The van der Waals surface area contributed by atoms with Crippen LogP contribution >= 0.6 is 0 Å². The Hall–Kier alpha value is -2.37. The molecule has 0 bridgehead atoms. The van der Waals surface area contributed by atoms with Crippen LogP contribution in [0.3, 0.4) is 0 Å². The second-order valence-corrected chi connectivity index (χ2v) is 3.63. The van der Waals surface area contributed by atoms with Gasteiger partial charge in [-0.25, -0.2) is 9.07 Å². The Labute approximate surface area is 95.3 Å². The van der Waals surface area contributed by atoms with Gasteiger partial charge in [0, 0.05) is 17.8 Å². The van der Waals surface area contributed by atoms with Gasteiger partial charge in [-0.15, -0.1) is 0 Å². The predicted octanol–water partition coefficient (Wildman–Crippen LogP) is 0.306. The zero-order valence-electron chi connectivity index (χ0n) is 8.81. The van der Waals surface area contributed by atoms with Crippen LogP contribution in [0.2, 0.25) is 0 Å². The molecule has 0 aliphatic rings. The molecule has 0 saturated heterocycles. The fourth-order valence-electron chi connectivity index (χ4n) is 1.53. The largest absolute Gasteiger partial charge is 0.399 e. The lowest BCUT2D eigenvalue weighted by atomic mass is 10.2. The van der Waals surface area contributed by atoms with Gasteiger partial charge in [0.1, 0.15) is 5.82 Å². The first kappa shape index (κ1) is 11.1. The zero-order chi connectivity index (χ0) is 12.4. The van der Waals surface area contributed by atoms with Gasteiger partial charge in [0.2, 0.25) is 0 Å². The van der Waals surface area contributed by atoms with Crippen molar-refractivity contribution in [1.82, 2.24) is 9.78 Å². The van der Waals surface area contributed by atoms with Crippen LogP contribution in [0, 0.1) is 5.82 Å². The van der Waals surface area contributed by atoms with Crippen molar-refractivity contribution in [1.29, 1.82) is 0 Å². The van der Waals surface area contributed by atoms with Gasteiger partial charge in [0.25, 0.3) is 11.1 Å². The van der Waals surface area contributed by atoms with Crippen LogP contribution in [0.15, 0.2) is 39.9 Å². The normalized spacial score (nSPS) is 10.4. The van der Waals surface area contributed by atoms with Gasteiger partial charge in [-0.2, -0.15) is 0 Å². The number of aromatic amines is 1. The molecule has 1 aromatic heterocycles. The third-order valence-corrected chi connectivity index (χ3v) is 2.21. The molecule has 0 amide bonds. The van der Waals surface area contributed by atoms with Crippen molar-refractivity contribution in [2.24, 2.45) is 0 Å². The molecule has 1 aromatic carbocycles. The molecule has 0 aliphatic carbocycles. The summed E-state index contributed by atoms with van der Waals surface area (Å²) in [6, 6.07) is 6.27. The van der Waals surface area contributed by atoms with Crippen molar-refractivity contribution < 1.29 is 4.39 Å². The lowest BCUT2D eigenvalue weighted by Crippen LogP contribution is -2.28. The van der Waals surface area contributed by atoms with Gasteiger partial charge in [-0.05, 0) is 23.8 Å². The van der Waals surface area contributed by atoms with Crippen LogP contribution in [-0.2, 0) is 6.54 Å². The maximum atomic E-state index is 13.1. The van der Waals surface area contributed by atoms with E-state index >= 15 is 0 Å². The van der Waals surface area contributed by atoms with Gasteiger partial charge in [-0.3, -0.25) is 14.7 Å². The molecule has 0 spiro atoms. The Bertz CT molecular complexity index is 640. The molecule has 0 radical (unpaired) electrons. The first-order valence-corrected chi connectivity index (χ1v) is 4.90. The van der Waals surface area contributed by atoms with E-state index in [0.29, 0.717) is 5.56 Å². The number of halogens is 1. The summed E-state index contributed by atoms with van der Waals surface area (Å²) in [5.41, 5.74) is 5.49. The lowest BCUT2D eigenvalue weighted by Gasteiger charge is -2.06. The standard InChI is InChI=1S/C11H10FN3O2/c12-8-3-7(4-9(13)5-8)6-15-11(17)2-1-10(16)14-15/h1-5H,6,13H2,(H,14,16). The number of H-pyrrole nitrogens is 1. The molecule has 5 nitrogen and oxygen atoms in total. The number of rotatable bonds is 2. The van der Waals surface area contributed by atoms with Gasteiger partial charge < -0.3 is 5.73 Å². The maximum Gasteiger partial charge on any atom is 0.265 e. The number of anilines is 1. The molecule has 88 valence electrons. The molecular formula is C11H10FN3O2. The van der Waals surface area contributed by atoms with Crippen LogP contribution < -0.4 is 16.9 Å². The number of nitrogens with two attached hydrogens (primary N) is 1. The number of benzene rings is 1. The zero-order valence-corrected chi connectivity index (χ0v) is 8.81. The van der Waals surface area contributed by atoms with Gasteiger partial charge in [0.05, 0.1) is 6.54 Å². The summed E-state index contributed by atoms with van der Waals surface area (Å²) in [7, 11) is 0. The van der Waals surface area contributed by atoms with Gasteiger partial charge in [0.15, 0.2) is 0 Å². The topological polar surface area (TPSA) is 80.9 Å². The molecule has 0 unspecified atom stereocenters. The average molecular weight is 235 g/mol. The molecule has 0 atom stereocenters. The summed E-state index contributed by atoms with van der Waals surface area (Å²) < 4.78 is 14.2. The summed E-state index contributed by atoms with van der Waals surface area (Å²) in [6.45, 7) is 0.0663. The molecule has 3 N–H and O–H groups in total. The molecule has 0 saturated carbocycles. The monoisotopic (exact) mass is 235 g/mol. The van der Waals surface area contributed by atoms with Gasteiger partial charge in [-0.1, -0.05) is 0 Å². The number of aromatic nitrogens is 2. The third kappa shape index (κ3) is 2.60. The fraction of sp³-hybridized carbons (Fsp3) is 0.0909. The molecule has 1 heterocycles. The Kier molecular flexibility index (Phi) is 2.78. The molecule has 2 rings (SSSR count). The number of nitrogens with zero attached hydrogens (tertiary/aromatic N) is 1. The Morgan fingerprint density at radius 2 is 2.00 bits per heavy atom. The van der Waals surface area contributed by atoms with Gasteiger partial charge >= 0.3 is 0 Å². The molecule has 6 heteroatoms. The Morgan fingerprint density at radius 1 is 1.24 bits per heavy atom. The summed E-state index contributed by atoms with van der Waals surface area (Å²) in [5.74, 6) is -0.480. The first-order chi connectivity index (χ1) is 8.04. The number of nitrogen functional groups attached to an aromatic ring is 1. The SMILES string of the molecule is Nc1cc(F)cc(Cn2[nH]c(=O)ccc2=O)c1. The highest BCUT2D eigenvalue weighted by Crippen LogP contribution is 2.10. The molecule has 2 aromatic rings. The summed E-state index contributed by atoms with van der Waals surface area (Å²) >= 11 is 0. The highest BCUT2D eigenvalue weighted by Gasteiger charge is 2.02. The quantitative estimate of drug-likeness (QED) is 0.735. The smallest absolute Gasteiger partial charge is 0.265 e. The van der Waals surface area contributed by atoms with Crippen LogP contribution in [0.4, 0.5) is 10.1 Å². The molecule has 0 aliphatic heterocycles. The van der Waals surface area contributed by atoms with Crippen molar-refractivity contribution >= 4 is 5.69 Å². The van der Waals surface area contributed by atoms with E-state index < -0.39 is 11.4 Å². The number of hydrogen-bond acceptors (Lipinski definition) is 3. The minimum Gasteiger partial charge on any atom is -0.399 e. The molecule has 0 fully saturated rings. The average Bonchev–Trinajstić information content (AvgIpc) is 2.22. The van der Waals surface area contributed by atoms with Crippen molar-refractivity contribution in [2.75, 3.05) is 5.73 Å². The van der Waals surface area contributed by atoms with E-state index in [9.17, 15) is 14.0 Å². The van der Waals surface area contributed by atoms with Crippen molar-refractivity contribution in [3.63, 3.8) is 0 Å². The summed E-state index contributed by atoms with van der Waals surface area (Å²) in [6.07, 6.45) is 0. The molecular weight excluding hydrogens is 225 g/mol. The number of nitrogens with one attached hydrogen (secondary N) is 1. The van der Waals surface area contributed by atoms with E-state index in [1.165, 1.54) is 12.1 Å². The summed E-state index contributed by atoms with van der Waals surface area (Å²) in [4.78, 5) is 22.5. The number of hydrogen-bond donors (Lipinski definition) is 2. The van der Waals surface area contributed by atoms with E-state index in [2.05, 4.69) is 5.10 Å². The first-order valence-electron chi connectivity index (χ1n) is 4.90. The highest BCUT2D eigenvalue weighted by molar-refractivity contribution is 5.41.